The number of pyridine rings is 1. The van der Waals surface area contributed by atoms with Gasteiger partial charge in [0.15, 0.2) is 0 Å². The van der Waals surface area contributed by atoms with Crippen LogP contribution in [-0.2, 0) is 9.53 Å². The summed E-state index contributed by atoms with van der Waals surface area (Å²) in [6.07, 6.45) is 3.18. The third kappa shape index (κ3) is 2.52. The van der Waals surface area contributed by atoms with Gasteiger partial charge in [0.25, 0.3) is 0 Å². The van der Waals surface area contributed by atoms with Gasteiger partial charge in [-0.1, -0.05) is 0 Å². The fourth-order valence-electron chi connectivity index (χ4n) is 0.939. The Morgan fingerprint density at radius 2 is 2.23 bits per heavy atom. The Kier molecular flexibility index (Phi) is 3.40. The van der Waals surface area contributed by atoms with Gasteiger partial charge in [0.05, 0.1) is 6.61 Å². The number of esters is 1. The number of aromatic nitrogens is 1. The molecule has 1 aromatic rings. The zero-order chi connectivity index (χ0) is 9.68. The van der Waals surface area contributed by atoms with Crippen LogP contribution in [0, 0.1) is 0 Å². The van der Waals surface area contributed by atoms with Crippen LogP contribution in [0.5, 0.6) is 0 Å². The number of nitrogens with two attached hydrogens (primary N) is 1. The summed E-state index contributed by atoms with van der Waals surface area (Å²) >= 11 is 0. The van der Waals surface area contributed by atoms with Crippen LogP contribution in [0.25, 0.3) is 0 Å². The number of carbonyl (C=O) groups excluding carboxylic acids is 1. The molecule has 0 amide bonds. The Balaban J connectivity index is 2.68. The average Bonchev–Trinajstić information content (AvgIpc) is 2.18. The number of ether oxygens (including phenoxy) is 1. The number of rotatable bonds is 3. The van der Waals surface area contributed by atoms with E-state index >= 15 is 0 Å². The zero-order valence-corrected chi connectivity index (χ0v) is 7.43. The smallest absolute Gasteiger partial charge is 0.327 e. The molecule has 0 saturated carbocycles. The van der Waals surface area contributed by atoms with Gasteiger partial charge in [0.2, 0.25) is 0 Å². The van der Waals surface area contributed by atoms with Crippen molar-refractivity contribution in [3.63, 3.8) is 0 Å². The van der Waals surface area contributed by atoms with E-state index in [9.17, 15) is 4.79 Å². The first-order chi connectivity index (χ1) is 6.25. The van der Waals surface area contributed by atoms with Crippen molar-refractivity contribution in [2.75, 3.05) is 6.61 Å². The topological polar surface area (TPSA) is 65.2 Å². The van der Waals surface area contributed by atoms with Gasteiger partial charge < -0.3 is 10.5 Å². The Bertz CT molecular complexity index is 274. The van der Waals surface area contributed by atoms with Gasteiger partial charge in [0, 0.05) is 12.4 Å². The molecule has 0 spiro atoms. The van der Waals surface area contributed by atoms with Crippen LogP contribution in [0.2, 0.25) is 0 Å². The maximum atomic E-state index is 11.2. The molecule has 1 aromatic heterocycles. The minimum absolute atomic E-state index is 0.345. The molecule has 1 rings (SSSR count). The van der Waals surface area contributed by atoms with Gasteiger partial charge in [0.1, 0.15) is 6.04 Å². The van der Waals surface area contributed by atoms with E-state index < -0.39 is 12.0 Å². The van der Waals surface area contributed by atoms with Gasteiger partial charge in [-0.2, -0.15) is 0 Å². The Morgan fingerprint density at radius 1 is 1.62 bits per heavy atom. The lowest BCUT2D eigenvalue weighted by atomic mass is 10.1. The lowest BCUT2D eigenvalue weighted by Gasteiger charge is -2.09. The summed E-state index contributed by atoms with van der Waals surface area (Å²) in [5, 5.41) is 0. The van der Waals surface area contributed by atoms with E-state index in [4.69, 9.17) is 10.5 Å². The molecule has 0 saturated heterocycles. The summed E-state index contributed by atoms with van der Waals surface area (Å²) in [4.78, 5) is 15.0. The predicted octanol–water partition coefficient (Wildman–Crippen LogP) is 0.644. The van der Waals surface area contributed by atoms with E-state index in [-0.39, 0.29) is 0 Å². The summed E-state index contributed by atoms with van der Waals surface area (Å²) in [7, 11) is 0. The van der Waals surface area contributed by atoms with Crippen LogP contribution in [-0.4, -0.2) is 17.6 Å². The summed E-state index contributed by atoms with van der Waals surface area (Å²) in [5.41, 5.74) is 6.34. The van der Waals surface area contributed by atoms with Crippen LogP contribution in [0.3, 0.4) is 0 Å². The first-order valence-corrected chi connectivity index (χ1v) is 4.08. The lowest BCUT2D eigenvalue weighted by Crippen LogP contribution is -2.23. The molecule has 4 nitrogen and oxygen atoms in total. The number of carbonyl (C=O) groups is 1. The monoisotopic (exact) mass is 180 g/mol. The second-order valence-electron chi connectivity index (χ2n) is 2.51. The van der Waals surface area contributed by atoms with Crippen molar-refractivity contribution in [2.24, 2.45) is 5.73 Å². The van der Waals surface area contributed by atoms with Crippen LogP contribution in [0.4, 0.5) is 0 Å². The van der Waals surface area contributed by atoms with Gasteiger partial charge in [-0.15, -0.1) is 0 Å². The highest BCUT2D eigenvalue weighted by atomic mass is 16.5. The molecule has 1 atom stereocenters. The normalized spacial score (nSPS) is 12.2. The molecule has 0 aliphatic carbocycles. The van der Waals surface area contributed by atoms with E-state index in [1.807, 2.05) is 0 Å². The number of hydrogen-bond acceptors (Lipinski definition) is 4. The van der Waals surface area contributed by atoms with Crippen molar-refractivity contribution in [3.05, 3.63) is 30.1 Å². The molecule has 0 bridgehead atoms. The van der Waals surface area contributed by atoms with Crippen molar-refractivity contribution in [3.8, 4) is 0 Å². The first kappa shape index (κ1) is 9.67. The highest BCUT2D eigenvalue weighted by molar-refractivity contribution is 5.77. The molecule has 4 heteroatoms. The van der Waals surface area contributed by atoms with E-state index in [1.165, 1.54) is 0 Å². The maximum absolute atomic E-state index is 11.2. The van der Waals surface area contributed by atoms with E-state index in [2.05, 4.69) is 4.98 Å². The third-order valence-electron chi connectivity index (χ3n) is 1.61. The third-order valence-corrected chi connectivity index (χ3v) is 1.61. The van der Waals surface area contributed by atoms with Crippen molar-refractivity contribution < 1.29 is 9.53 Å². The summed E-state index contributed by atoms with van der Waals surface area (Å²) in [6, 6.07) is 2.69. The average molecular weight is 180 g/mol. The number of hydrogen-bond donors (Lipinski definition) is 1. The molecular formula is C9H12N2O2. The molecule has 0 unspecified atom stereocenters. The summed E-state index contributed by atoms with van der Waals surface area (Å²) < 4.78 is 4.77. The molecule has 0 fully saturated rings. The molecule has 13 heavy (non-hydrogen) atoms. The van der Waals surface area contributed by atoms with E-state index in [0.717, 1.165) is 0 Å². The molecule has 0 aliphatic rings. The molecule has 70 valence electrons. The Morgan fingerprint density at radius 3 is 2.77 bits per heavy atom. The molecule has 0 radical (unpaired) electrons. The van der Waals surface area contributed by atoms with Crippen molar-refractivity contribution >= 4 is 5.97 Å². The van der Waals surface area contributed by atoms with Crippen LogP contribution >= 0.6 is 0 Å². The molecule has 0 aromatic carbocycles. The predicted molar refractivity (Wildman–Crippen MR) is 47.8 cm³/mol. The van der Waals surface area contributed by atoms with Crippen molar-refractivity contribution in [2.45, 2.75) is 13.0 Å². The van der Waals surface area contributed by atoms with Crippen LogP contribution in [0.15, 0.2) is 24.5 Å². The van der Waals surface area contributed by atoms with Gasteiger partial charge in [-0.25, -0.2) is 4.79 Å². The minimum atomic E-state index is -0.706. The fourth-order valence-corrected chi connectivity index (χ4v) is 0.939. The Labute approximate surface area is 76.7 Å². The van der Waals surface area contributed by atoms with Gasteiger partial charge in [-0.3, -0.25) is 4.98 Å². The van der Waals surface area contributed by atoms with Gasteiger partial charge in [-0.05, 0) is 24.6 Å². The zero-order valence-electron chi connectivity index (χ0n) is 7.43. The SMILES string of the molecule is CCOC(=O)[C@@H](N)c1ccncc1. The van der Waals surface area contributed by atoms with E-state index in [0.29, 0.717) is 12.2 Å². The summed E-state index contributed by atoms with van der Waals surface area (Å²) in [5.74, 6) is -0.409. The standard InChI is InChI=1S/C9H12N2O2/c1-2-13-9(12)8(10)7-3-5-11-6-4-7/h3-6,8H,2,10H2,1H3/t8-/m0/s1. The Hall–Kier alpha value is -1.42. The van der Waals surface area contributed by atoms with Crippen molar-refractivity contribution in [1.29, 1.82) is 0 Å². The van der Waals surface area contributed by atoms with Crippen LogP contribution in [0.1, 0.15) is 18.5 Å². The molecule has 0 aliphatic heterocycles. The second-order valence-corrected chi connectivity index (χ2v) is 2.51. The molecule has 1 heterocycles. The van der Waals surface area contributed by atoms with Crippen molar-refractivity contribution in [1.82, 2.24) is 4.98 Å². The summed E-state index contributed by atoms with van der Waals surface area (Å²) in [6.45, 7) is 2.09. The highest BCUT2D eigenvalue weighted by Gasteiger charge is 2.15. The fraction of sp³-hybridized carbons (Fsp3) is 0.333. The highest BCUT2D eigenvalue weighted by Crippen LogP contribution is 2.09. The maximum Gasteiger partial charge on any atom is 0.327 e. The van der Waals surface area contributed by atoms with Gasteiger partial charge >= 0.3 is 5.97 Å². The quantitative estimate of drug-likeness (QED) is 0.693. The minimum Gasteiger partial charge on any atom is -0.465 e. The second kappa shape index (κ2) is 4.57. The van der Waals surface area contributed by atoms with E-state index in [1.54, 1.807) is 31.5 Å². The molecular weight excluding hydrogens is 168 g/mol. The lowest BCUT2D eigenvalue weighted by molar-refractivity contribution is -0.144. The van der Waals surface area contributed by atoms with Crippen LogP contribution < -0.4 is 5.73 Å². The number of nitrogens with zero attached hydrogens (tertiary/aromatic N) is 1. The molecule has 2 N–H and O–H groups in total. The largest absolute Gasteiger partial charge is 0.465 e. The first-order valence-electron chi connectivity index (χ1n) is 4.08.